The lowest BCUT2D eigenvalue weighted by atomic mass is 10.2. The smallest absolute Gasteiger partial charge is 0.247 e. The molecule has 0 saturated carbocycles. The molecule has 116 valence electrons. The van der Waals surface area contributed by atoms with E-state index in [4.69, 9.17) is 16.7 Å². The Kier molecular flexibility index (Phi) is 6.04. The van der Waals surface area contributed by atoms with Crippen molar-refractivity contribution in [3.63, 3.8) is 0 Å². The second-order valence-corrected chi connectivity index (χ2v) is 8.87. The molecule has 0 radical (unpaired) electrons. The normalized spacial score (nSPS) is 11.6. The van der Waals surface area contributed by atoms with Crippen LogP contribution < -0.4 is 4.72 Å². The van der Waals surface area contributed by atoms with Gasteiger partial charge in [0.1, 0.15) is 0 Å². The van der Waals surface area contributed by atoms with Crippen molar-refractivity contribution in [1.29, 1.82) is 0 Å². The maximum Gasteiger partial charge on any atom is 0.247 e. The van der Waals surface area contributed by atoms with Crippen LogP contribution in [0.4, 0.5) is 5.69 Å². The van der Waals surface area contributed by atoms with Crippen molar-refractivity contribution < 1.29 is 21.9 Å². The standard InChI is InChI=1S/C12H14ClNO5S2/c1-20(16,17)9-21(18,19)14-12-8-10(4-2-3-7-15)5-6-11(12)13/h5-6,8,14-15H,3,7,9H2,1H3. The summed E-state index contributed by atoms with van der Waals surface area (Å²) in [7, 11) is -7.76. The number of anilines is 1. The van der Waals surface area contributed by atoms with Crippen molar-refractivity contribution in [2.45, 2.75) is 6.42 Å². The Morgan fingerprint density at radius 2 is 1.95 bits per heavy atom. The first-order valence-corrected chi connectivity index (χ1v) is 9.79. The molecule has 0 aliphatic heterocycles. The molecule has 2 N–H and O–H groups in total. The van der Waals surface area contributed by atoms with Crippen molar-refractivity contribution >= 4 is 37.1 Å². The molecule has 0 fully saturated rings. The van der Waals surface area contributed by atoms with Crippen LogP contribution in [0.15, 0.2) is 18.2 Å². The van der Waals surface area contributed by atoms with Crippen LogP contribution in [-0.4, -0.2) is 39.9 Å². The summed E-state index contributed by atoms with van der Waals surface area (Å²) in [4.78, 5) is 0. The third kappa shape index (κ3) is 6.82. The number of hydrogen-bond acceptors (Lipinski definition) is 5. The largest absolute Gasteiger partial charge is 0.395 e. The summed E-state index contributed by atoms with van der Waals surface area (Å²) < 4.78 is 47.7. The van der Waals surface area contributed by atoms with Gasteiger partial charge in [0.2, 0.25) is 10.0 Å². The van der Waals surface area contributed by atoms with Gasteiger partial charge >= 0.3 is 0 Å². The first-order valence-electron chi connectivity index (χ1n) is 5.70. The van der Waals surface area contributed by atoms with Gasteiger partial charge in [0.05, 0.1) is 17.3 Å². The number of nitrogens with one attached hydrogen (secondary N) is 1. The highest BCUT2D eigenvalue weighted by atomic mass is 35.5. The quantitative estimate of drug-likeness (QED) is 0.765. The summed E-state index contributed by atoms with van der Waals surface area (Å²) in [5, 5.41) is 7.73. The van der Waals surface area contributed by atoms with E-state index < -0.39 is 24.9 Å². The molecule has 0 aliphatic carbocycles. The van der Waals surface area contributed by atoms with Gasteiger partial charge < -0.3 is 5.11 Å². The van der Waals surface area contributed by atoms with Crippen molar-refractivity contribution in [2.24, 2.45) is 0 Å². The van der Waals surface area contributed by atoms with Gasteiger partial charge in [0, 0.05) is 18.2 Å². The van der Waals surface area contributed by atoms with E-state index in [0.29, 0.717) is 5.56 Å². The number of benzene rings is 1. The summed E-state index contributed by atoms with van der Waals surface area (Å²) in [6, 6.07) is 4.43. The van der Waals surface area contributed by atoms with Crippen molar-refractivity contribution in [3.8, 4) is 11.8 Å². The molecule has 1 rings (SSSR count). The van der Waals surface area contributed by atoms with Gasteiger partial charge in [0.15, 0.2) is 14.9 Å². The maximum atomic E-state index is 11.7. The lowest BCUT2D eigenvalue weighted by molar-refractivity contribution is 0.305. The van der Waals surface area contributed by atoms with Crippen LogP contribution in [0.5, 0.6) is 0 Å². The molecule has 0 bridgehead atoms. The Bertz CT molecular complexity index is 776. The molecule has 21 heavy (non-hydrogen) atoms. The number of sulfone groups is 1. The molecule has 9 heteroatoms. The van der Waals surface area contributed by atoms with Crippen LogP contribution in [0, 0.1) is 11.8 Å². The summed E-state index contributed by atoms with van der Waals surface area (Å²) in [6.45, 7) is -0.0750. The fourth-order valence-electron chi connectivity index (χ4n) is 1.38. The van der Waals surface area contributed by atoms with Gasteiger partial charge in [-0.25, -0.2) is 16.8 Å². The van der Waals surface area contributed by atoms with Crippen LogP contribution in [0.1, 0.15) is 12.0 Å². The number of rotatable bonds is 5. The fraction of sp³-hybridized carbons (Fsp3) is 0.333. The predicted octanol–water partition coefficient (Wildman–Crippen LogP) is 0.818. The van der Waals surface area contributed by atoms with Crippen molar-refractivity contribution in [2.75, 3.05) is 22.7 Å². The molecule has 0 saturated heterocycles. The Balaban J connectivity index is 3.04. The van der Waals surface area contributed by atoms with E-state index in [-0.39, 0.29) is 23.7 Å². The van der Waals surface area contributed by atoms with E-state index in [2.05, 4.69) is 16.6 Å². The average Bonchev–Trinajstić information content (AvgIpc) is 2.30. The maximum absolute atomic E-state index is 11.7. The highest BCUT2D eigenvalue weighted by Crippen LogP contribution is 2.24. The average molecular weight is 352 g/mol. The topological polar surface area (TPSA) is 101 Å². The van der Waals surface area contributed by atoms with Gasteiger partial charge in [-0.2, -0.15) is 0 Å². The minimum Gasteiger partial charge on any atom is -0.395 e. The molecule has 0 amide bonds. The summed E-state index contributed by atoms with van der Waals surface area (Å²) in [5.74, 6) is 5.41. The van der Waals surface area contributed by atoms with Gasteiger partial charge in [-0.05, 0) is 18.2 Å². The molecule has 6 nitrogen and oxygen atoms in total. The molecule has 0 atom stereocenters. The van der Waals surface area contributed by atoms with Crippen LogP contribution in [0.25, 0.3) is 0 Å². The molecular formula is C12H14ClNO5S2. The third-order valence-corrected chi connectivity index (χ3v) is 5.88. The Morgan fingerprint density at radius 3 is 2.52 bits per heavy atom. The number of halogens is 1. The number of aliphatic hydroxyl groups excluding tert-OH is 1. The predicted molar refractivity (Wildman–Crippen MR) is 82.3 cm³/mol. The molecule has 0 aliphatic rings. The molecule has 1 aromatic rings. The van der Waals surface area contributed by atoms with E-state index >= 15 is 0 Å². The number of hydrogen-bond donors (Lipinski definition) is 2. The van der Waals surface area contributed by atoms with Gasteiger partial charge in [-0.1, -0.05) is 23.4 Å². The molecule has 0 heterocycles. The first-order chi connectivity index (χ1) is 9.63. The van der Waals surface area contributed by atoms with Crippen molar-refractivity contribution in [1.82, 2.24) is 0 Å². The lowest BCUT2D eigenvalue weighted by Gasteiger charge is -2.09. The Labute approximate surface area is 129 Å². The van der Waals surface area contributed by atoms with E-state index in [1.807, 2.05) is 0 Å². The molecule has 1 aromatic carbocycles. The van der Waals surface area contributed by atoms with Gasteiger partial charge in [-0.15, -0.1) is 0 Å². The monoisotopic (exact) mass is 351 g/mol. The molecule has 0 aromatic heterocycles. The highest BCUT2D eigenvalue weighted by molar-refractivity contribution is 8.08. The van der Waals surface area contributed by atoms with Crippen LogP contribution in [0.3, 0.4) is 0 Å². The van der Waals surface area contributed by atoms with Crippen molar-refractivity contribution in [3.05, 3.63) is 28.8 Å². The second-order valence-electron chi connectivity index (χ2n) is 4.23. The Hall–Kier alpha value is -1.27. The first kappa shape index (κ1) is 17.8. The van der Waals surface area contributed by atoms with Crippen LogP contribution in [0.2, 0.25) is 5.02 Å². The summed E-state index contributed by atoms with van der Waals surface area (Å²) in [5.41, 5.74) is 0.543. The van der Waals surface area contributed by atoms with E-state index in [1.165, 1.54) is 12.1 Å². The molecule has 0 unspecified atom stereocenters. The minimum absolute atomic E-state index is 0.0520. The zero-order valence-corrected chi connectivity index (χ0v) is 13.5. The third-order valence-electron chi connectivity index (χ3n) is 2.07. The van der Waals surface area contributed by atoms with Crippen LogP contribution >= 0.6 is 11.6 Å². The molecular weight excluding hydrogens is 338 g/mol. The van der Waals surface area contributed by atoms with E-state index in [1.54, 1.807) is 6.07 Å². The SMILES string of the molecule is CS(=O)(=O)CS(=O)(=O)Nc1cc(C#CCCO)ccc1Cl. The zero-order valence-electron chi connectivity index (χ0n) is 11.1. The minimum atomic E-state index is -4.07. The number of sulfonamides is 1. The van der Waals surface area contributed by atoms with Crippen LogP contribution in [-0.2, 0) is 19.9 Å². The van der Waals surface area contributed by atoms with Gasteiger partial charge in [-0.3, -0.25) is 4.72 Å². The molecule has 0 spiro atoms. The van der Waals surface area contributed by atoms with Gasteiger partial charge in [0.25, 0.3) is 0 Å². The summed E-state index contributed by atoms with van der Waals surface area (Å²) in [6.07, 6.45) is 1.11. The number of aliphatic hydroxyl groups is 1. The van der Waals surface area contributed by atoms with E-state index in [0.717, 1.165) is 6.26 Å². The fourth-order valence-corrected chi connectivity index (χ4v) is 4.60. The zero-order chi connectivity index (χ0) is 16.1. The highest BCUT2D eigenvalue weighted by Gasteiger charge is 2.19. The Morgan fingerprint density at radius 1 is 1.29 bits per heavy atom. The van der Waals surface area contributed by atoms with E-state index in [9.17, 15) is 16.8 Å². The summed E-state index contributed by atoms with van der Waals surface area (Å²) >= 11 is 5.87. The second kappa shape index (κ2) is 7.13. The lowest BCUT2D eigenvalue weighted by Crippen LogP contribution is -2.22.